The summed E-state index contributed by atoms with van der Waals surface area (Å²) in [5.41, 5.74) is 2.75. The quantitative estimate of drug-likeness (QED) is 0.901. The first-order valence-electron chi connectivity index (χ1n) is 7.95. The van der Waals surface area contributed by atoms with E-state index in [0.717, 1.165) is 31.1 Å². The number of rotatable bonds is 4. The van der Waals surface area contributed by atoms with E-state index >= 15 is 0 Å². The van der Waals surface area contributed by atoms with Crippen LogP contribution in [0.4, 0.5) is 17.3 Å². The predicted molar refractivity (Wildman–Crippen MR) is 89.4 cm³/mol. The van der Waals surface area contributed by atoms with E-state index in [1.807, 2.05) is 6.07 Å². The third-order valence-electron chi connectivity index (χ3n) is 3.93. The molecule has 0 amide bonds. The largest absolute Gasteiger partial charge is 0.370 e. The Balaban J connectivity index is 1.92. The van der Waals surface area contributed by atoms with Crippen molar-refractivity contribution in [2.24, 2.45) is 0 Å². The average Bonchev–Trinajstić information content (AvgIpc) is 2.75. The Morgan fingerprint density at radius 2 is 2.00 bits per heavy atom. The molecule has 3 rings (SSSR count). The van der Waals surface area contributed by atoms with Gasteiger partial charge in [0.1, 0.15) is 11.6 Å². The predicted octanol–water partition coefficient (Wildman–Crippen LogP) is 4.38. The van der Waals surface area contributed by atoms with Gasteiger partial charge in [-0.15, -0.1) is 0 Å². The first-order chi connectivity index (χ1) is 10.4. The van der Waals surface area contributed by atoms with Crippen molar-refractivity contribution in [3.8, 4) is 0 Å². The molecule has 1 aliphatic heterocycles. The summed E-state index contributed by atoms with van der Waals surface area (Å²) in [5.74, 6) is 2.02. The van der Waals surface area contributed by atoms with E-state index in [9.17, 15) is 0 Å². The Hall–Kier alpha value is -2.03. The normalized spacial score (nSPS) is 14.4. The zero-order valence-electron chi connectivity index (χ0n) is 12.7. The van der Waals surface area contributed by atoms with Crippen LogP contribution in [0.5, 0.6) is 0 Å². The molecule has 0 bridgehead atoms. The van der Waals surface area contributed by atoms with Crippen molar-refractivity contribution in [2.45, 2.75) is 32.6 Å². The first kappa shape index (κ1) is 13.9. The van der Waals surface area contributed by atoms with Crippen LogP contribution < -0.4 is 10.2 Å². The minimum atomic E-state index is 0.965. The SMILES string of the molecule is CCCNc1cccc(N2CCCCc3ccccc32)n1. The molecule has 1 N–H and O–H groups in total. The minimum Gasteiger partial charge on any atom is -0.370 e. The van der Waals surface area contributed by atoms with Crippen LogP contribution in [0.1, 0.15) is 31.7 Å². The van der Waals surface area contributed by atoms with Crippen molar-refractivity contribution < 1.29 is 0 Å². The molecule has 0 unspecified atom stereocenters. The van der Waals surface area contributed by atoms with Gasteiger partial charge in [-0.25, -0.2) is 4.98 Å². The van der Waals surface area contributed by atoms with Gasteiger partial charge in [0.15, 0.2) is 0 Å². The molecule has 21 heavy (non-hydrogen) atoms. The van der Waals surface area contributed by atoms with Crippen LogP contribution in [-0.2, 0) is 6.42 Å². The molecule has 1 aromatic heterocycles. The summed E-state index contributed by atoms with van der Waals surface area (Å²) in [6, 6.07) is 15.0. The second kappa shape index (κ2) is 6.61. The Bertz CT molecular complexity index is 595. The van der Waals surface area contributed by atoms with Crippen molar-refractivity contribution >= 4 is 17.3 Å². The van der Waals surface area contributed by atoms with E-state index < -0.39 is 0 Å². The highest BCUT2D eigenvalue weighted by Gasteiger charge is 2.17. The fraction of sp³-hybridized carbons (Fsp3) is 0.389. The monoisotopic (exact) mass is 281 g/mol. The van der Waals surface area contributed by atoms with Gasteiger partial charge in [0, 0.05) is 18.8 Å². The molecule has 0 atom stereocenters. The van der Waals surface area contributed by atoms with Crippen LogP contribution in [0.2, 0.25) is 0 Å². The lowest BCUT2D eigenvalue weighted by atomic mass is 10.1. The second-order valence-electron chi connectivity index (χ2n) is 5.55. The molecule has 1 aromatic carbocycles. The van der Waals surface area contributed by atoms with E-state index in [2.05, 4.69) is 53.5 Å². The molecular weight excluding hydrogens is 258 g/mol. The van der Waals surface area contributed by atoms with E-state index in [0.29, 0.717) is 0 Å². The third-order valence-corrected chi connectivity index (χ3v) is 3.93. The Labute approximate surface area is 127 Å². The number of nitrogens with one attached hydrogen (secondary N) is 1. The number of benzene rings is 1. The highest BCUT2D eigenvalue weighted by Crippen LogP contribution is 2.31. The summed E-state index contributed by atoms with van der Waals surface area (Å²) in [4.78, 5) is 7.15. The van der Waals surface area contributed by atoms with Crippen LogP contribution in [0.3, 0.4) is 0 Å². The number of hydrogen-bond acceptors (Lipinski definition) is 3. The standard InChI is InChI=1S/C18H23N3/c1-2-13-19-17-11-7-12-18(20-17)21-14-6-5-9-15-8-3-4-10-16(15)21/h3-4,7-8,10-12H,2,5-6,9,13-14H2,1H3,(H,19,20). The summed E-state index contributed by atoms with van der Waals surface area (Å²) in [6.07, 6.45) is 4.74. The molecule has 0 saturated carbocycles. The number of anilines is 3. The zero-order chi connectivity index (χ0) is 14.5. The lowest BCUT2D eigenvalue weighted by Gasteiger charge is -2.24. The van der Waals surface area contributed by atoms with Gasteiger partial charge in [-0.2, -0.15) is 0 Å². The molecule has 0 aliphatic carbocycles. The minimum absolute atomic E-state index is 0.965. The fourth-order valence-electron chi connectivity index (χ4n) is 2.85. The zero-order valence-corrected chi connectivity index (χ0v) is 12.7. The number of hydrogen-bond donors (Lipinski definition) is 1. The highest BCUT2D eigenvalue weighted by atomic mass is 15.2. The molecule has 110 valence electrons. The lowest BCUT2D eigenvalue weighted by molar-refractivity contribution is 0.758. The number of para-hydroxylation sites is 1. The van der Waals surface area contributed by atoms with E-state index in [4.69, 9.17) is 4.98 Å². The third kappa shape index (κ3) is 3.18. The number of pyridine rings is 1. The Kier molecular flexibility index (Phi) is 4.39. The van der Waals surface area contributed by atoms with Crippen LogP contribution in [0.15, 0.2) is 42.5 Å². The number of fused-ring (bicyclic) bond motifs is 1. The van der Waals surface area contributed by atoms with Crippen molar-refractivity contribution in [1.82, 2.24) is 4.98 Å². The van der Waals surface area contributed by atoms with E-state index in [-0.39, 0.29) is 0 Å². The van der Waals surface area contributed by atoms with Gasteiger partial charge in [-0.05, 0) is 49.4 Å². The fourth-order valence-corrected chi connectivity index (χ4v) is 2.85. The van der Waals surface area contributed by atoms with Gasteiger partial charge >= 0.3 is 0 Å². The van der Waals surface area contributed by atoms with Gasteiger partial charge < -0.3 is 10.2 Å². The maximum atomic E-state index is 4.79. The lowest BCUT2D eigenvalue weighted by Crippen LogP contribution is -2.19. The van der Waals surface area contributed by atoms with Crippen molar-refractivity contribution in [1.29, 1.82) is 0 Å². The van der Waals surface area contributed by atoms with Gasteiger partial charge in [0.2, 0.25) is 0 Å². The Morgan fingerprint density at radius 1 is 1.10 bits per heavy atom. The van der Waals surface area contributed by atoms with Crippen molar-refractivity contribution in [3.05, 3.63) is 48.0 Å². The molecule has 0 radical (unpaired) electrons. The molecule has 3 heteroatoms. The maximum absolute atomic E-state index is 4.79. The Morgan fingerprint density at radius 3 is 2.90 bits per heavy atom. The van der Waals surface area contributed by atoms with Gasteiger partial charge in [0.25, 0.3) is 0 Å². The molecule has 2 heterocycles. The topological polar surface area (TPSA) is 28.2 Å². The van der Waals surface area contributed by atoms with Crippen LogP contribution in [-0.4, -0.2) is 18.1 Å². The van der Waals surface area contributed by atoms with Crippen LogP contribution in [0.25, 0.3) is 0 Å². The molecule has 3 nitrogen and oxygen atoms in total. The first-order valence-corrected chi connectivity index (χ1v) is 7.95. The number of aromatic nitrogens is 1. The highest BCUT2D eigenvalue weighted by molar-refractivity contribution is 5.65. The molecule has 0 fully saturated rings. The summed E-state index contributed by atoms with van der Waals surface area (Å²) in [6.45, 7) is 4.18. The van der Waals surface area contributed by atoms with Gasteiger partial charge in [0.05, 0.1) is 0 Å². The summed E-state index contributed by atoms with van der Waals surface area (Å²) < 4.78 is 0. The summed E-state index contributed by atoms with van der Waals surface area (Å²) in [5, 5.41) is 3.38. The molecule has 1 aliphatic rings. The van der Waals surface area contributed by atoms with Gasteiger partial charge in [-0.3, -0.25) is 0 Å². The summed E-state index contributed by atoms with van der Waals surface area (Å²) in [7, 11) is 0. The van der Waals surface area contributed by atoms with Crippen molar-refractivity contribution in [2.75, 3.05) is 23.3 Å². The van der Waals surface area contributed by atoms with E-state index in [1.165, 1.54) is 30.5 Å². The average molecular weight is 281 g/mol. The number of nitrogens with zero attached hydrogens (tertiary/aromatic N) is 2. The summed E-state index contributed by atoms with van der Waals surface area (Å²) >= 11 is 0. The smallest absolute Gasteiger partial charge is 0.135 e. The van der Waals surface area contributed by atoms with Gasteiger partial charge in [-0.1, -0.05) is 31.2 Å². The second-order valence-corrected chi connectivity index (χ2v) is 5.55. The van der Waals surface area contributed by atoms with Crippen LogP contribution in [0, 0.1) is 0 Å². The van der Waals surface area contributed by atoms with Crippen LogP contribution >= 0.6 is 0 Å². The molecule has 2 aromatic rings. The molecule has 0 spiro atoms. The van der Waals surface area contributed by atoms with E-state index in [1.54, 1.807) is 0 Å². The van der Waals surface area contributed by atoms with Crippen molar-refractivity contribution in [3.63, 3.8) is 0 Å². The number of aryl methyl sites for hydroxylation is 1. The maximum Gasteiger partial charge on any atom is 0.135 e. The molecular formula is C18H23N3. The molecule has 0 saturated heterocycles.